The molecule has 1 aliphatic carbocycles. The van der Waals surface area contributed by atoms with Crippen LogP contribution >= 0.6 is 0 Å². The van der Waals surface area contributed by atoms with Gasteiger partial charge in [-0.3, -0.25) is 4.79 Å². The fourth-order valence-corrected chi connectivity index (χ4v) is 4.34. The van der Waals surface area contributed by atoms with Crippen LogP contribution in [0.25, 0.3) is 0 Å². The van der Waals surface area contributed by atoms with Crippen molar-refractivity contribution in [2.45, 2.75) is 30.8 Å². The number of hydrogen-bond acceptors (Lipinski definition) is 3. The number of rotatable bonds is 1. The summed E-state index contributed by atoms with van der Waals surface area (Å²) in [6.45, 7) is 1.97. The second kappa shape index (κ2) is 3.85. The SMILES string of the molecule is COc1cc2c(cc1O)C[NH+]1CC[C@]23C=CC(=O)C[C@@H]13. The standard InChI is InChI=1S/C16H17NO3/c1-20-14-8-12-10(6-13(14)19)9-17-5-4-16(12)3-2-11(18)7-15(16)17/h2-3,6,8,15,19H,4-5,7,9H2,1H3/p+1/t15-,16-/m1/s1. The van der Waals surface area contributed by atoms with Crippen LogP contribution in [-0.2, 0) is 16.8 Å². The van der Waals surface area contributed by atoms with Gasteiger partial charge in [0.25, 0.3) is 0 Å². The average molecular weight is 272 g/mol. The van der Waals surface area contributed by atoms with Gasteiger partial charge in [0.2, 0.25) is 0 Å². The van der Waals surface area contributed by atoms with Gasteiger partial charge in [-0.2, -0.15) is 0 Å². The number of methoxy groups -OCH3 is 1. The van der Waals surface area contributed by atoms with E-state index < -0.39 is 0 Å². The van der Waals surface area contributed by atoms with E-state index in [1.54, 1.807) is 13.2 Å². The van der Waals surface area contributed by atoms with Crippen LogP contribution < -0.4 is 9.64 Å². The maximum absolute atomic E-state index is 11.8. The Morgan fingerprint density at radius 2 is 2.30 bits per heavy atom. The number of carbonyl (C=O) groups excluding carboxylic acids is 1. The highest BCUT2D eigenvalue weighted by Gasteiger charge is 2.56. The molecule has 4 heteroatoms. The molecule has 1 aromatic carbocycles. The monoisotopic (exact) mass is 272 g/mol. The van der Waals surface area contributed by atoms with E-state index >= 15 is 0 Å². The van der Waals surface area contributed by atoms with Crippen molar-refractivity contribution in [2.75, 3.05) is 13.7 Å². The predicted octanol–water partition coefficient (Wildman–Crippen LogP) is 0.338. The number of aromatic hydroxyl groups is 1. The van der Waals surface area contributed by atoms with Crippen LogP contribution in [0.5, 0.6) is 11.5 Å². The van der Waals surface area contributed by atoms with Gasteiger partial charge in [0.1, 0.15) is 12.6 Å². The summed E-state index contributed by atoms with van der Waals surface area (Å²) in [5, 5.41) is 9.99. The second-order valence-electron chi connectivity index (χ2n) is 6.11. The lowest BCUT2D eigenvalue weighted by Crippen LogP contribution is -3.14. The Morgan fingerprint density at radius 1 is 1.45 bits per heavy atom. The summed E-state index contributed by atoms with van der Waals surface area (Å²) >= 11 is 0. The van der Waals surface area contributed by atoms with Crippen LogP contribution in [0.2, 0.25) is 0 Å². The largest absolute Gasteiger partial charge is 0.504 e. The van der Waals surface area contributed by atoms with Gasteiger partial charge in [-0.15, -0.1) is 0 Å². The van der Waals surface area contributed by atoms with Gasteiger partial charge in [-0.05, 0) is 23.8 Å². The van der Waals surface area contributed by atoms with Crippen molar-refractivity contribution in [3.8, 4) is 11.5 Å². The third-order valence-electron chi connectivity index (χ3n) is 5.27. The number of nitrogens with one attached hydrogen (secondary N) is 1. The Morgan fingerprint density at radius 3 is 3.10 bits per heavy atom. The van der Waals surface area contributed by atoms with Crippen LogP contribution in [0.15, 0.2) is 24.3 Å². The van der Waals surface area contributed by atoms with Crippen LogP contribution in [0.3, 0.4) is 0 Å². The summed E-state index contributed by atoms with van der Waals surface area (Å²) in [6, 6.07) is 4.16. The molecule has 104 valence electrons. The number of hydrogen-bond donors (Lipinski definition) is 2. The third-order valence-corrected chi connectivity index (χ3v) is 5.27. The number of phenols is 1. The van der Waals surface area contributed by atoms with E-state index in [4.69, 9.17) is 4.74 Å². The number of allylic oxidation sites excluding steroid dienone is 1. The molecule has 1 saturated heterocycles. The summed E-state index contributed by atoms with van der Waals surface area (Å²) in [5.74, 6) is 0.966. The zero-order chi connectivity index (χ0) is 13.9. The van der Waals surface area contributed by atoms with Crippen molar-refractivity contribution in [2.24, 2.45) is 0 Å². The van der Waals surface area contributed by atoms with Crippen molar-refractivity contribution >= 4 is 5.78 Å². The highest BCUT2D eigenvalue weighted by Crippen LogP contribution is 2.46. The highest BCUT2D eigenvalue weighted by molar-refractivity contribution is 5.92. The lowest BCUT2D eigenvalue weighted by atomic mass is 9.67. The van der Waals surface area contributed by atoms with Gasteiger partial charge in [0, 0.05) is 12.0 Å². The first-order valence-corrected chi connectivity index (χ1v) is 7.11. The molecule has 0 amide bonds. The van der Waals surface area contributed by atoms with Crippen molar-refractivity contribution in [3.63, 3.8) is 0 Å². The first-order valence-electron chi connectivity index (χ1n) is 7.11. The van der Waals surface area contributed by atoms with E-state index in [1.807, 2.05) is 12.1 Å². The average Bonchev–Trinajstić information content (AvgIpc) is 2.71. The maximum atomic E-state index is 11.8. The first-order chi connectivity index (χ1) is 9.64. The Bertz CT molecular complexity index is 637. The second-order valence-corrected chi connectivity index (χ2v) is 6.11. The normalized spacial score (nSPS) is 33.8. The van der Waals surface area contributed by atoms with Gasteiger partial charge in [-0.1, -0.05) is 6.08 Å². The third kappa shape index (κ3) is 1.37. The first kappa shape index (κ1) is 12.0. The number of ketones is 1. The molecular weight excluding hydrogens is 254 g/mol. The van der Waals surface area contributed by atoms with Gasteiger partial charge in [0.05, 0.1) is 25.5 Å². The lowest BCUT2D eigenvalue weighted by molar-refractivity contribution is -0.929. The zero-order valence-electron chi connectivity index (χ0n) is 11.5. The molecule has 1 fully saturated rings. The summed E-state index contributed by atoms with van der Waals surface area (Å²) in [5.41, 5.74) is 2.38. The minimum Gasteiger partial charge on any atom is -0.504 e. The van der Waals surface area contributed by atoms with Crippen molar-refractivity contribution < 1.29 is 19.5 Å². The van der Waals surface area contributed by atoms with Crippen LogP contribution in [0.4, 0.5) is 0 Å². The van der Waals surface area contributed by atoms with E-state index in [0.29, 0.717) is 18.2 Å². The molecular formula is C16H18NO3+. The molecule has 3 atom stereocenters. The maximum Gasteiger partial charge on any atom is 0.161 e. The summed E-state index contributed by atoms with van der Waals surface area (Å²) in [4.78, 5) is 13.2. The summed E-state index contributed by atoms with van der Waals surface area (Å²) in [7, 11) is 1.58. The smallest absolute Gasteiger partial charge is 0.161 e. The number of benzene rings is 1. The van der Waals surface area contributed by atoms with Gasteiger partial charge in [0.15, 0.2) is 17.3 Å². The fraction of sp³-hybridized carbons (Fsp3) is 0.438. The molecule has 4 rings (SSSR count). The molecule has 3 aliphatic rings. The minimum absolute atomic E-state index is 0.0438. The Hall–Kier alpha value is -1.81. The Kier molecular flexibility index (Phi) is 2.31. The zero-order valence-corrected chi connectivity index (χ0v) is 11.5. The molecule has 20 heavy (non-hydrogen) atoms. The number of phenolic OH excluding ortho intramolecular Hbond substituents is 1. The molecule has 0 spiro atoms. The molecule has 2 N–H and O–H groups in total. The van der Waals surface area contributed by atoms with Crippen molar-refractivity contribution in [1.29, 1.82) is 0 Å². The van der Waals surface area contributed by atoms with Crippen LogP contribution in [0.1, 0.15) is 24.0 Å². The minimum atomic E-state index is -0.0438. The molecule has 1 unspecified atom stereocenters. The van der Waals surface area contributed by atoms with E-state index in [9.17, 15) is 9.90 Å². The summed E-state index contributed by atoms with van der Waals surface area (Å²) < 4.78 is 5.27. The molecule has 0 saturated carbocycles. The Labute approximate surface area is 117 Å². The highest BCUT2D eigenvalue weighted by atomic mass is 16.5. The molecule has 2 bridgehead atoms. The predicted molar refractivity (Wildman–Crippen MR) is 73.0 cm³/mol. The van der Waals surface area contributed by atoms with Crippen molar-refractivity contribution in [3.05, 3.63) is 35.4 Å². The van der Waals surface area contributed by atoms with E-state index in [-0.39, 0.29) is 16.9 Å². The Balaban J connectivity index is 1.95. The molecule has 0 radical (unpaired) electrons. The van der Waals surface area contributed by atoms with Gasteiger partial charge < -0.3 is 14.7 Å². The fourth-order valence-electron chi connectivity index (χ4n) is 4.34. The molecule has 0 aromatic heterocycles. The van der Waals surface area contributed by atoms with Gasteiger partial charge in [-0.25, -0.2) is 0 Å². The van der Waals surface area contributed by atoms with Crippen molar-refractivity contribution in [1.82, 2.24) is 0 Å². The molecule has 1 aromatic rings. The number of carbonyl (C=O) groups is 1. The van der Waals surface area contributed by atoms with E-state index in [1.165, 1.54) is 16.0 Å². The quantitative estimate of drug-likeness (QED) is 0.775. The summed E-state index contributed by atoms with van der Waals surface area (Å²) in [6.07, 6.45) is 5.55. The van der Waals surface area contributed by atoms with E-state index in [0.717, 1.165) is 19.5 Å². The number of ether oxygens (including phenoxy) is 1. The van der Waals surface area contributed by atoms with Crippen LogP contribution in [-0.4, -0.2) is 30.6 Å². The topological polar surface area (TPSA) is 51.0 Å². The number of quaternary nitrogens is 1. The molecule has 2 aliphatic heterocycles. The number of fused-ring (bicyclic) bond motifs is 1. The lowest BCUT2D eigenvalue weighted by Gasteiger charge is -2.40. The van der Waals surface area contributed by atoms with Gasteiger partial charge >= 0.3 is 0 Å². The van der Waals surface area contributed by atoms with E-state index in [2.05, 4.69) is 6.08 Å². The molecule has 4 nitrogen and oxygen atoms in total. The molecule has 2 heterocycles. The van der Waals surface area contributed by atoms with Crippen LogP contribution in [0, 0.1) is 0 Å².